The maximum Gasteiger partial charge on any atom is 0.222 e. The number of hydrogen-bond donors (Lipinski definition) is 1. The SMILES string of the molecule is Cc1cc(-c2cc(N)on2)c(C)n1CC(C)C. The minimum absolute atomic E-state index is 0.355. The summed E-state index contributed by atoms with van der Waals surface area (Å²) in [5.74, 6) is 0.976. The molecule has 2 heterocycles. The van der Waals surface area contributed by atoms with Crippen molar-refractivity contribution in [1.29, 1.82) is 0 Å². The highest BCUT2D eigenvalue weighted by molar-refractivity contribution is 5.65. The molecule has 0 aliphatic carbocycles. The molecule has 2 rings (SSSR count). The van der Waals surface area contributed by atoms with E-state index in [1.54, 1.807) is 6.07 Å². The van der Waals surface area contributed by atoms with Crippen molar-refractivity contribution in [1.82, 2.24) is 9.72 Å². The van der Waals surface area contributed by atoms with Crippen LogP contribution in [-0.2, 0) is 6.54 Å². The third kappa shape index (κ3) is 2.20. The van der Waals surface area contributed by atoms with Crippen molar-refractivity contribution in [3.05, 3.63) is 23.5 Å². The van der Waals surface area contributed by atoms with Crippen molar-refractivity contribution in [2.24, 2.45) is 5.92 Å². The molecule has 0 saturated carbocycles. The summed E-state index contributed by atoms with van der Waals surface area (Å²) in [5, 5.41) is 3.97. The lowest BCUT2D eigenvalue weighted by molar-refractivity contribution is 0.439. The number of hydrogen-bond acceptors (Lipinski definition) is 3. The number of rotatable bonds is 3. The minimum atomic E-state index is 0.355. The number of aromatic nitrogens is 2. The van der Waals surface area contributed by atoms with Crippen LogP contribution in [-0.4, -0.2) is 9.72 Å². The van der Waals surface area contributed by atoms with Crippen LogP contribution in [0.15, 0.2) is 16.7 Å². The number of anilines is 1. The smallest absolute Gasteiger partial charge is 0.222 e. The van der Waals surface area contributed by atoms with Gasteiger partial charge in [0, 0.05) is 29.6 Å². The molecule has 0 saturated heterocycles. The first-order valence-corrected chi connectivity index (χ1v) is 5.88. The van der Waals surface area contributed by atoms with Crippen LogP contribution < -0.4 is 5.73 Å². The molecular weight excluding hydrogens is 214 g/mol. The highest BCUT2D eigenvalue weighted by Gasteiger charge is 2.14. The standard InChI is InChI=1S/C13H19N3O/c1-8(2)7-16-9(3)5-11(10(16)4)12-6-13(14)17-15-12/h5-6,8H,7,14H2,1-4H3. The predicted molar refractivity (Wildman–Crippen MR) is 68.7 cm³/mol. The van der Waals surface area contributed by atoms with Gasteiger partial charge in [0.05, 0.1) is 0 Å². The molecule has 0 aliphatic rings. The van der Waals surface area contributed by atoms with E-state index in [-0.39, 0.29) is 0 Å². The van der Waals surface area contributed by atoms with E-state index in [2.05, 4.69) is 43.5 Å². The van der Waals surface area contributed by atoms with Gasteiger partial charge in [0.2, 0.25) is 5.88 Å². The van der Waals surface area contributed by atoms with Gasteiger partial charge in [0.1, 0.15) is 5.69 Å². The molecule has 4 nitrogen and oxygen atoms in total. The van der Waals surface area contributed by atoms with Gasteiger partial charge in [0.25, 0.3) is 0 Å². The molecule has 0 amide bonds. The van der Waals surface area contributed by atoms with Gasteiger partial charge in [0.15, 0.2) is 0 Å². The van der Waals surface area contributed by atoms with Crippen LogP contribution >= 0.6 is 0 Å². The fourth-order valence-electron chi connectivity index (χ4n) is 2.12. The molecule has 2 N–H and O–H groups in total. The second-order valence-corrected chi connectivity index (χ2v) is 4.90. The van der Waals surface area contributed by atoms with Crippen molar-refractivity contribution >= 4 is 5.88 Å². The fourth-order valence-corrected chi connectivity index (χ4v) is 2.12. The van der Waals surface area contributed by atoms with Crippen LogP contribution in [0.5, 0.6) is 0 Å². The molecule has 0 fully saturated rings. The van der Waals surface area contributed by atoms with Gasteiger partial charge >= 0.3 is 0 Å². The van der Waals surface area contributed by atoms with Crippen molar-refractivity contribution in [2.45, 2.75) is 34.2 Å². The molecule has 0 atom stereocenters. The lowest BCUT2D eigenvalue weighted by Crippen LogP contribution is -2.07. The van der Waals surface area contributed by atoms with Gasteiger partial charge in [-0.25, -0.2) is 0 Å². The van der Waals surface area contributed by atoms with Crippen molar-refractivity contribution in [3.63, 3.8) is 0 Å². The summed E-state index contributed by atoms with van der Waals surface area (Å²) in [4.78, 5) is 0. The molecule has 0 aromatic carbocycles. The Kier molecular flexibility index (Phi) is 2.96. The molecular formula is C13H19N3O. The minimum Gasteiger partial charge on any atom is -0.368 e. The van der Waals surface area contributed by atoms with E-state index in [1.807, 2.05) is 0 Å². The van der Waals surface area contributed by atoms with Gasteiger partial charge in [-0.1, -0.05) is 19.0 Å². The Bertz CT molecular complexity index is 523. The van der Waals surface area contributed by atoms with Crippen molar-refractivity contribution in [3.8, 4) is 11.3 Å². The lowest BCUT2D eigenvalue weighted by atomic mass is 10.2. The van der Waals surface area contributed by atoms with E-state index < -0.39 is 0 Å². The molecule has 0 unspecified atom stereocenters. The summed E-state index contributed by atoms with van der Waals surface area (Å²) in [6.07, 6.45) is 0. The predicted octanol–water partition coefficient (Wildman–Crippen LogP) is 3.00. The Hall–Kier alpha value is -1.71. The monoisotopic (exact) mass is 233 g/mol. The molecule has 92 valence electrons. The maximum absolute atomic E-state index is 5.56. The quantitative estimate of drug-likeness (QED) is 0.886. The third-order valence-corrected chi connectivity index (χ3v) is 2.93. The molecule has 2 aromatic rings. The second kappa shape index (κ2) is 4.28. The molecule has 0 bridgehead atoms. The maximum atomic E-state index is 5.56. The Morgan fingerprint density at radius 3 is 2.59 bits per heavy atom. The summed E-state index contributed by atoms with van der Waals surface area (Å²) in [6.45, 7) is 9.67. The number of aryl methyl sites for hydroxylation is 1. The summed E-state index contributed by atoms with van der Waals surface area (Å²) in [6, 6.07) is 3.90. The molecule has 4 heteroatoms. The first kappa shape index (κ1) is 11.8. The van der Waals surface area contributed by atoms with Crippen LogP contribution in [0.25, 0.3) is 11.3 Å². The second-order valence-electron chi connectivity index (χ2n) is 4.90. The zero-order valence-corrected chi connectivity index (χ0v) is 10.8. The Morgan fingerprint density at radius 2 is 2.06 bits per heavy atom. The Labute approximate surface area is 101 Å². The molecule has 2 aromatic heterocycles. The zero-order valence-electron chi connectivity index (χ0n) is 10.8. The summed E-state index contributed by atoms with van der Waals surface area (Å²) in [5.41, 5.74) is 9.92. The van der Waals surface area contributed by atoms with E-state index in [0.29, 0.717) is 11.8 Å². The normalized spacial score (nSPS) is 11.4. The van der Waals surface area contributed by atoms with Crippen molar-refractivity contribution in [2.75, 3.05) is 5.73 Å². The van der Waals surface area contributed by atoms with Gasteiger partial charge in [-0.15, -0.1) is 0 Å². The first-order valence-electron chi connectivity index (χ1n) is 5.88. The van der Waals surface area contributed by atoms with Gasteiger partial charge in [-0.05, 0) is 25.8 Å². The van der Waals surface area contributed by atoms with Gasteiger partial charge < -0.3 is 14.8 Å². The number of nitrogens with two attached hydrogens (primary N) is 1. The summed E-state index contributed by atoms with van der Waals surface area (Å²) in [7, 11) is 0. The van der Waals surface area contributed by atoms with E-state index in [9.17, 15) is 0 Å². The fraction of sp³-hybridized carbons (Fsp3) is 0.462. The highest BCUT2D eigenvalue weighted by Crippen LogP contribution is 2.27. The van der Waals surface area contributed by atoms with Crippen LogP contribution in [0.3, 0.4) is 0 Å². The Balaban J connectivity index is 2.43. The Morgan fingerprint density at radius 1 is 1.35 bits per heavy atom. The average molecular weight is 233 g/mol. The van der Waals surface area contributed by atoms with E-state index >= 15 is 0 Å². The van der Waals surface area contributed by atoms with Crippen molar-refractivity contribution < 1.29 is 4.52 Å². The van der Waals surface area contributed by atoms with Crippen LogP contribution in [0.1, 0.15) is 25.2 Å². The molecule has 0 radical (unpaired) electrons. The van der Waals surface area contributed by atoms with Gasteiger partial charge in [-0.2, -0.15) is 0 Å². The first-order chi connectivity index (χ1) is 7.99. The largest absolute Gasteiger partial charge is 0.368 e. The number of nitrogen functional groups attached to an aromatic ring is 1. The van der Waals surface area contributed by atoms with Gasteiger partial charge in [-0.3, -0.25) is 0 Å². The molecule has 0 spiro atoms. The molecule has 0 aliphatic heterocycles. The van der Waals surface area contributed by atoms with Crippen LogP contribution in [0.2, 0.25) is 0 Å². The summed E-state index contributed by atoms with van der Waals surface area (Å²) < 4.78 is 7.23. The zero-order chi connectivity index (χ0) is 12.6. The third-order valence-electron chi connectivity index (χ3n) is 2.93. The average Bonchev–Trinajstić information content (AvgIpc) is 2.76. The van der Waals surface area contributed by atoms with Crippen LogP contribution in [0, 0.1) is 19.8 Å². The topological polar surface area (TPSA) is 57.0 Å². The molecule has 17 heavy (non-hydrogen) atoms. The van der Waals surface area contributed by atoms with E-state index in [1.165, 1.54) is 11.4 Å². The highest BCUT2D eigenvalue weighted by atomic mass is 16.5. The van der Waals surface area contributed by atoms with E-state index in [4.69, 9.17) is 10.3 Å². The lowest BCUT2D eigenvalue weighted by Gasteiger charge is -2.11. The summed E-state index contributed by atoms with van der Waals surface area (Å²) >= 11 is 0. The number of nitrogens with zero attached hydrogens (tertiary/aromatic N) is 2. The van der Waals surface area contributed by atoms with Crippen LogP contribution in [0.4, 0.5) is 5.88 Å². The van der Waals surface area contributed by atoms with E-state index in [0.717, 1.165) is 17.8 Å².